The first-order chi connectivity index (χ1) is 8.94. The maximum atomic E-state index is 12.4. The molecule has 0 aromatic carbocycles. The van der Waals surface area contributed by atoms with Gasteiger partial charge in [-0.3, -0.25) is 4.79 Å². The van der Waals surface area contributed by atoms with Crippen molar-refractivity contribution in [2.24, 2.45) is 5.92 Å². The van der Waals surface area contributed by atoms with Crippen LogP contribution < -0.4 is 5.32 Å². The monoisotopic (exact) mass is 291 g/mol. The zero-order chi connectivity index (χ0) is 14.5. The van der Waals surface area contributed by atoms with E-state index in [4.69, 9.17) is 0 Å². The van der Waals surface area contributed by atoms with E-state index in [2.05, 4.69) is 17.0 Å². The molecule has 0 spiro atoms. The van der Waals surface area contributed by atoms with E-state index >= 15 is 0 Å². The van der Waals surface area contributed by atoms with Crippen LogP contribution in [0.1, 0.15) is 39.0 Å². The zero-order valence-electron chi connectivity index (χ0n) is 12.0. The van der Waals surface area contributed by atoms with Crippen LogP contribution in [0.2, 0.25) is 0 Å². The van der Waals surface area contributed by atoms with Crippen LogP contribution in [0.3, 0.4) is 0 Å². The van der Waals surface area contributed by atoms with Crippen LogP contribution in [0.15, 0.2) is 0 Å². The number of carbonyl (C=O) groups excluding carboxylic acids is 1. The predicted molar refractivity (Wildman–Crippen MR) is 74.7 cm³/mol. The number of sulfone groups is 1. The normalized spacial score (nSPS) is 28.1. The van der Waals surface area contributed by atoms with Crippen LogP contribution in [-0.2, 0) is 19.4 Å². The lowest BCUT2D eigenvalue weighted by Crippen LogP contribution is -2.47. The van der Waals surface area contributed by atoms with E-state index in [1.165, 1.54) is 7.11 Å². The van der Waals surface area contributed by atoms with Crippen molar-refractivity contribution >= 4 is 15.8 Å². The Morgan fingerprint density at radius 2 is 2.05 bits per heavy atom. The molecular formula is C13H25NO4S. The van der Waals surface area contributed by atoms with Crippen molar-refractivity contribution in [3.05, 3.63) is 0 Å². The number of rotatable bonds is 6. The minimum absolute atomic E-state index is 0.00504. The number of nitrogens with one attached hydrogen (secondary N) is 1. The largest absolute Gasteiger partial charge is 0.469 e. The average Bonchev–Trinajstić information content (AvgIpc) is 2.43. The molecule has 3 atom stereocenters. The molecule has 0 radical (unpaired) electrons. The van der Waals surface area contributed by atoms with Gasteiger partial charge in [-0.25, -0.2) is 8.42 Å². The van der Waals surface area contributed by atoms with Gasteiger partial charge in [0.2, 0.25) is 0 Å². The number of ether oxygens (including phenoxy) is 1. The van der Waals surface area contributed by atoms with Gasteiger partial charge in [-0.05, 0) is 32.2 Å². The van der Waals surface area contributed by atoms with Gasteiger partial charge in [-0.15, -0.1) is 0 Å². The summed E-state index contributed by atoms with van der Waals surface area (Å²) in [7, 11) is -0.174. The summed E-state index contributed by atoms with van der Waals surface area (Å²) in [5.41, 5.74) is 0. The first-order valence-electron chi connectivity index (χ1n) is 6.90. The van der Waals surface area contributed by atoms with Gasteiger partial charge in [0.15, 0.2) is 9.84 Å². The second-order valence-electron chi connectivity index (χ2n) is 5.21. The molecule has 6 heteroatoms. The molecule has 19 heavy (non-hydrogen) atoms. The van der Waals surface area contributed by atoms with Gasteiger partial charge < -0.3 is 10.1 Å². The lowest BCUT2D eigenvalue weighted by atomic mass is 9.84. The summed E-state index contributed by atoms with van der Waals surface area (Å²) < 4.78 is 29.3. The summed E-state index contributed by atoms with van der Waals surface area (Å²) >= 11 is 0. The maximum absolute atomic E-state index is 12.4. The van der Waals surface area contributed by atoms with Gasteiger partial charge in [-0.2, -0.15) is 0 Å². The first-order valence-corrected chi connectivity index (χ1v) is 8.61. The maximum Gasteiger partial charge on any atom is 0.306 e. The molecule has 1 aliphatic carbocycles. The molecule has 1 saturated carbocycles. The highest BCUT2D eigenvalue weighted by molar-refractivity contribution is 7.92. The second-order valence-corrected chi connectivity index (χ2v) is 7.55. The van der Waals surface area contributed by atoms with Crippen LogP contribution in [-0.4, -0.2) is 45.6 Å². The fourth-order valence-corrected chi connectivity index (χ4v) is 4.88. The molecule has 1 rings (SSSR count). The number of esters is 1. The van der Waals surface area contributed by atoms with Crippen LogP contribution in [0.4, 0.5) is 0 Å². The molecule has 3 unspecified atom stereocenters. The number of methoxy groups -OCH3 is 1. The summed E-state index contributed by atoms with van der Waals surface area (Å²) in [6.07, 6.45) is 3.62. The topological polar surface area (TPSA) is 72.5 Å². The molecule has 0 saturated heterocycles. The molecule has 1 N–H and O–H groups in total. The van der Waals surface area contributed by atoms with Crippen molar-refractivity contribution in [3.8, 4) is 0 Å². The fraction of sp³-hybridized carbons (Fsp3) is 0.923. The Bertz CT molecular complexity index is 393. The van der Waals surface area contributed by atoms with Crippen molar-refractivity contribution in [2.45, 2.75) is 50.3 Å². The SMILES string of the molecule is CCC1CCC(NC)C(S(=O)(=O)CCC(=O)OC)C1. The Labute approximate surface area is 116 Å². The van der Waals surface area contributed by atoms with E-state index in [0.717, 1.165) is 19.3 Å². The van der Waals surface area contributed by atoms with E-state index in [-0.39, 0.29) is 23.5 Å². The highest BCUT2D eigenvalue weighted by Crippen LogP contribution is 2.31. The molecule has 0 bridgehead atoms. The molecule has 0 aliphatic heterocycles. The summed E-state index contributed by atoms with van der Waals surface area (Å²) in [5, 5.41) is 2.74. The first kappa shape index (κ1) is 16.4. The third-order valence-corrected chi connectivity index (χ3v) is 6.34. The molecule has 0 aromatic rings. The van der Waals surface area contributed by atoms with E-state index in [1.54, 1.807) is 7.05 Å². The lowest BCUT2D eigenvalue weighted by molar-refractivity contribution is -0.140. The number of hydrogen-bond acceptors (Lipinski definition) is 5. The average molecular weight is 291 g/mol. The Hall–Kier alpha value is -0.620. The molecule has 5 nitrogen and oxygen atoms in total. The third kappa shape index (κ3) is 4.45. The Morgan fingerprint density at radius 1 is 1.37 bits per heavy atom. The van der Waals surface area contributed by atoms with Crippen LogP contribution >= 0.6 is 0 Å². The molecule has 1 aliphatic rings. The minimum atomic E-state index is -3.26. The Kier molecular flexibility index (Phi) is 6.26. The van der Waals surface area contributed by atoms with E-state index in [9.17, 15) is 13.2 Å². The van der Waals surface area contributed by atoms with Gasteiger partial charge in [0.25, 0.3) is 0 Å². The van der Waals surface area contributed by atoms with Crippen molar-refractivity contribution in [1.29, 1.82) is 0 Å². The van der Waals surface area contributed by atoms with Crippen molar-refractivity contribution in [3.63, 3.8) is 0 Å². The van der Waals surface area contributed by atoms with Gasteiger partial charge in [0.05, 0.1) is 24.5 Å². The molecular weight excluding hydrogens is 266 g/mol. The lowest BCUT2D eigenvalue weighted by Gasteiger charge is -2.35. The molecule has 0 aromatic heterocycles. The van der Waals surface area contributed by atoms with Crippen LogP contribution in [0, 0.1) is 5.92 Å². The van der Waals surface area contributed by atoms with E-state index < -0.39 is 15.8 Å². The van der Waals surface area contributed by atoms with E-state index in [1.807, 2.05) is 0 Å². The van der Waals surface area contributed by atoms with Crippen molar-refractivity contribution in [1.82, 2.24) is 5.32 Å². The van der Waals surface area contributed by atoms with Gasteiger partial charge in [0.1, 0.15) is 0 Å². The zero-order valence-corrected chi connectivity index (χ0v) is 12.8. The van der Waals surface area contributed by atoms with Gasteiger partial charge >= 0.3 is 5.97 Å². The fourth-order valence-electron chi connectivity index (χ4n) is 2.79. The van der Waals surface area contributed by atoms with E-state index in [0.29, 0.717) is 12.3 Å². The Balaban J connectivity index is 2.74. The summed E-state index contributed by atoms with van der Waals surface area (Å²) in [6.45, 7) is 2.10. The van der Waals surface area contributed by atoms with Crippen molar-refractivity contribution < 1.29 is 17.9 Å². The molecule has 0 amide bonds. The predicted octanol–water partition coefficient (Wildman–Crippen LogP) is 1.13. The minimum Gasteiger partial charge on any atom is -0.469 e. The van der Waals surface area contributed by atoms with Crippen LogP contribution in [0.5, 0.6) is 0 Å². The van der Waals surface area contributed by atoms with Crippen molar-refractivity contribution in [2.75, 3.05) is 19.9 Å². The summed E-state index contributed by atoms with van der Waals surface area (Å²) in [6, 6.07) is 0.00504. The smallest absolute Gasteiger partial charge is 0.306 e. The number of hydrogen-bond donors (Lipinski definition) is 1. The highest BCUT2D eigenvalue weighted by Gasteiger charge is 2.37. The Morgan fingerprint density at radius 3 is 2.58 bits per heavy atom. The number of carbonyl (C=O) groups is 1. The quantitative estimate of drug-likeness (QED) is 0.743. The highest BCUT2D eigenvalue weighted by atomic mass is 32.2. The molecule has 1 fully saturated rings. The van der Waals surface area contributed by atoms with Crippen LogP contribution in [0.25, 0.3) is 0 Å². The van der Waals surface area contributed by atoms with Gasteiger partial charge in [0, 0.05) is 6.04 Å². The third-order valence-electron chi connectivity index (χ3n) is 4.13. The second kappa shape index (κ2) is 7.24. The molecule has 112 valence electrons. The standard InChI is InChI=1S/C13H25NO4S/c1-4-10-5-6-11(14-2)12(9-10)19(16,17)8-7-13(15)18-3/h10-12,14H,4-9H2,1-3H3. The van der Waals surface area contributed by atoms with Gasteiger partial charge in [-0.1, -0.05) is 13.3 Å². The summed E-state index contributed by atoms with van der Waals surface area (Å²) in [4.78, 5) is 11.1. The molecule has 0 heterocycles. The summed E-state index contributed by atoms with van der Waals surface area (Å²) in [5.74, 6) is -0.103.